The maximum Gasteiger partial charge on any atom is 0.269 e. The fraction of sp³-hybridized carbons (Fsp3) is 0.148. The molecule has 0 unspecified atom stereocenters. The summed E-state index contributed by atoms with van der Waals surface area (Å²) in [6.07, 6.45) is 1.52. The van der Waals surface area contributed by atoms with E-state index >= 15 is 0 Å². The monoisotopic (exact) mass is 439 g/mol. The molecule has 6 nitrogen and oxygen atoms in total. The third-order valence-corrected chi connectivity index (χ3v) is 5.36. The van der Waals surface area contributed by atoms with Gasteiger partial charge in [0.1, 0.15) is 17.2 Å². The van der Waals surface area contributed by atoms with Crippen LogP contribution in [-0.4, -0.2) is 23.8 Å². The van der Waals surface area contributed by atoms with E-state index in [1.807, 2.05) is 48.5 Å². The molecular weight excluding hydrogens is 414 g/mol. The molecule has 0 radical (unpaired) electrons. The van der Waals surface area contributed by atoms with Gasteiger partial charge in [-0.1, -0.05) is 38.1 Å². The highest BCUT2D eigenvalue weighted by Crippen LogP contribution is 2.28. The van der Waals surface area contributed by atoms with Gasteiger partial charge >= 0.3 is 0 Å². The Morgan fingerprint density at radius 1 is 0.879 bits per heavy atom. The second-order valence-electron chi connectivity index (χ2n) is 7.98. The zero-order valence-corrected chi connectivity index (χ0v) is 18.8. The lowest BCUT2D eigenvalue weighted by molar-refractivity contribution is 0.0957. The van der Waals surface area contributed by atoms with Crippen molar-refractivity contribution in [3.05, 3.63) is 95.8 Å². The Labute approximate surface area is 192 Å². The lowest BCUT2D eigenvalue weighted by atomic mass is 10.0. The number of hydrogen-bond acceptors (Lipinski definition) is 4. The van der Waals surface area contributed by atoms with E-state index in [0.717, 1.165) is 16.5 Å². The Balaban J connectivity index is 1.56. The average Bonchev–Trinajstić information content (AvgIpc) is 2.83. The summed E-state index contributed by atoms with van der Waals surface area (Å²) in [7, 11) is 1.55. The van der Waals surface area contributed by atoms with E-state index in [-0.39, 0.29) is 17.5 Å². The first-order valence-electron chi connectivity index (χ1n) is 10.7. The summed E-state index contributed by atoms with van der Waals surface area (Å²) in [4.78, 5) is 28.8. The molecule has 0 saturated carbocycles. The third kappa shape index (κ3) is 5.01. The molecular formula is C27H25N3O3. The number of nitrogens with zero attached hydrogens (tertiary/aromatic N) is 1. The summed E-state index contributed by atoms with van der Waals surface area (Å²) in [5.41, 5.74) is 2.84. The van der Waals surface area contributed by atoms with E-state index in [2.05, 4.69) is 29.5 Å². The molecule has 1 heterocycles. The van der Waals surface area contributed by atoms with Crippen LogP contribution in [-0.2, 0) is 0 Å². The number of carbonyl (C=O) groups excluding carboxylic acids is 2. The normalized spacial score (nSPS) is 10.8. The topological polar surface area (TPSA) is 80.3 Å². The molecule has 6 heteroatoms. The predicted molar refractivity (Wildman–Crippen MR) is 130 cm³/mol. The van der Waals surface area contributed by atoms with Gasteiger partial charge in [0.15, 0.2) is 0 Å². The van der Waals surface area contributed by atoms with Gasteiger partial charge in [0.25, 0.3) is 11.8 Å². The van der Waals surface area contributed by atoms with E-state index in [4.69, 9.17) is 4.74 Å². The zero-order chi connectivity index (χ0) is 23.4. The lowest BCUT2D eigenvalue weighted by Crippen LogP contribution is -2.18. The summed E-state index contributed by atoms with van der Waals surface area (Å²) in [5, 5.41) is 7.21. The maximum absolute atomic E-state index is 13.0. The second kappa shape index (κ2) is 9.53. The summed E-state index contributed by atoms with van der Waals surface area (Å²) >= 11 is 0. The highest BCUT2D eigenvalue weighted by molar-refractivity contribution is 6.13. The van der Waals surface area contributed by atoms with Gasteiger partial charge in [-0.05, 0) is 64.7 Å². The number of benzene rings is 3. The van der Waals surface area contributed by atoms with Gasteiger partial charge in [-0.2, -0.15) is 0 Å². The third-order valence-electron chi connectivity index (χ3n) is 5.36. The number of ether oxygens (including phenoxy) is 1. The minimum absolute atomic E-state index is 0.170. The molecule has 0 atom stereocenters. The van der Waals surface area contributed by atoms with Crippen LogP contribution in [0.15, 0.2) is 79.0 Å². The Bertz CT molecular complexity index is 1310. The van der Waals surface area contributed by atoms with Gasteiger partial charge < -0.3 is 15.4 Å². The molecule has 166 valence electrons. The SMILES string of the molecule is CNC(=O)c1cc(Oc2ccc3c(C(=O)Nc4ccc(C(C)C)cc4)cccc3c2)ccn1. The van der Waals surface area contributed by atoms with Gasteiger partial charge in [-0.15, -0.1) is 0 Å². The Hall–Kier alpha value is -4.19. The fourth-order valence-corrected chi connectivity index (χ4v) is 3.54. The standard InChI is InChI=1S/C27H25N3O3/c1-17(2)18-7-9-20(10-8-18)30-26(31)24-6-4-5-19-15-21(11-12-23(19)24)33-22-13-14-29-25(16-22)27(32)28-3/h4-17H,1-3H3,(H,28,32)(H,30,31). The molecule has 0 bridgehead atoms. The van der Waals surface area contributed by atoms with Crippen LogP contribution >= 0.6 is 0 Å². The first kappa shape index (κ1) is 22.0. The molecule has 4 aromatic rings. The molecule has 0 fully saturated rings. The molecule has 4 rings (SSSR count). The number of nitrogens with one attached hydrogen (secondary N) is 2. The fourth-order valence-electron chi connectivity index (χ4n) is 3.54. The van der Waals surface area contributed by atoms with E-state index in [1.165, 1.54) is 11.8 Å². The van der Waals surface area contributed by atoms with Gasteiger partial charge in [-0.3, -0.25) is 14.6 Å². The highest BCUT2D eigenvalue weighted by atomic mass is 16.5. The van der Waals surface area contributed by atoms with Crippen molar-refractivity contribution in [1.82, 2.24) is 10.3 Å². The number of rotatable bonds is 6. The van der Waals surface area contributed by atoms with Crippen molar-refractivity contribution in [2.75, 3.05) is 12.4 Å². The lowest BCUT2D eigenvalue weighted by Gasteiger charge is -2.11. The van der Waals surface area contributed by atoms with E-state index in [9.17, 15) is 9.59 Å². The largest absolute Gasteiger partial charge is 0.457 e. The second-order valence-corrected chi connectivity index (χ2v) is 7.98. The molecule has 3 aromatic carbocycles. The van der Waals surface area contributed by atoms with Crippen LogP contribution in [0.25, 0.3) is 10.8 Å². The Morgan fingerprint density at radius 2 is 1.64 bits per heavy atom. The number of fused-ring (bicyclic) bond motifs is 1. The van der Waals surface area contributed by atoms with E-state index < -0.39 is 0 Å². The van der Waals surface area contributed by atoms with Gasteiger partial charge in [0, 0.05) is 30.6 Å². The van der Waals surface area contributed by atoms with Crippen molar-refractivity contribution in [1.29, 1.82) is 0 Å². The van der Waals surface area contributed by atoms with Crippen molar-refractivity contribution >= 4 is 28.3 Å². The van der Waals surface area contributed by atoms with Crippen molar-refractivity contribution in [3.8, 4) is 11.5 Å². The molecule has 33 heavy (non-hydrogen) atoms. The van der Waals surface area contributed by atoms with Crippen molar-refractivity contribution in [2.45, 2.75) is 19.8 Å². The molecule has 2 amide bonds. The van der Waals surface area contributed by atoms with Crippen LogP contribution in [0.5, 0.6) is 11.5 Å². The Morgan fingerprint density at radius 3 is 2.36 bits per heavy atom. The number of aromatic nitrogens is 1. The molecule has 0 saturated heterocycles. The highest BCUT2D eigenvalue weighted by Gasteiger charge is 2.12. The van der Waals surface area contributed by atoms with Crippen LogP contribution in [0.2, 0.25) is 0 Å². The molecule has 0 aliphatic carbocycles. The maximum atomic E-state index is 13.0. The average molecular weight is 440 g/mol. The minimum atomic E-state index is -0.284. The van der Waals surface area contributed by atoms with Crippen LogP contribution in [0, 0.1) is 0 Å². The first-order valence-corrected chi connectivity index (χ1v) is 10.7. The van der Waals surface area contributed by atoms with Crippen molar-refractivity contribution < 1.29 is 14.3 Å². The predicted octanol–water partition coefficient (Wildman–Crippen LogP) is 5.76. The van der Waals surface area contributed by atoms with Gasteiger partial charge in [0.2, 0.25) is 0 Å². The minimum Gasteiger partial charge on any atom is -0.457 e. The van der Waals surface area contributed by atoms with Crippen LogP contribution in [0.4, 0.5) is 5.69 Å². The van der Waals surface area contributed by atoms with Gasteiger partial charge in [0.05, 0.1) is 0 Å². The number of pyridine rings is 1. The van der Waals surface area contributed by atoms with Gasteiger partial charge in [-0.25, -0.2) is 0 Å². The van der Waals surface area contributed by atoms with Crippen molar-refractivity contribution in [3.63, 3.8) is 0 Å². The number of hydrogen-bond donors (Lipinski definition) is 2. The Kier molecular flexibility index (Phi) is 6.36. The summed E-state index contributed by atoms with van der Waals surface area (Å²) < 4.78 is 5.93. The summed E-state index contributed by atoms with van der Waals surface area (Å²) in [6.45, 7) is 4.27. The van der Waals surface area contributed by atoms with Crippen LogP contribution in [0.1, 0.15) is 46.2 Å². The summed E-state index contributed by atoms with van der Waals surface area (Å²) in [6, 6.07) is 22.3. The molecule has 2 N–H and O–H groups in total. The number of amides is 2. The number of anilines is 1. The molecule has 0 aliphatic heterocycles. The summed E-state index contributed by atoms with van der Waals surface area (Å²) in [5.74, 6) is 1.08. The smallest absolute Gasteiger partial charge is 0.269 e. The van der Waals surface area contributed by atoms with Crippen LogP contribution < -0.4 is 15.4 Å². The van der Waals surface area contributed by atoms with E-state index in [1.54, 1.807) is 31.3 Å². The molecule has 0 aliphatic rings. The number of carbonyl (C=O) groups is 2. The molecule has 0 spiro atoms. The van der Waals surface area contributed by atoms with Crippen molar-refractivity contribution in [2.24, 2.45) is 0 Å². The quantitative estimate of drug-likeness (QED) is 0.400. The molecule has 1 aromatic heterocycles. The zero-order valence-electron chi connectivity index (χ0n) is 18.8. The van der Waals surface area contributed by atoms with Crippen LogP contribution in [0.3, 0.4) is 0 Å². The first-order chi connectivity index (χ1) is 15.9. The van der Waals surface area contributed by atoms with E-state index in [0.29, 0.717) is 23.0 Å².